The first kappa shape index (κ1) is 12.3. The van der Waals surface area contributed by atoms with Crippen LogP contribution in [-0.4, -0.2) is 14.9 Å². The zero-order chi connectivity index (χ0) is 13.1. The number of halogens is 2. The number of imidazole rings is 1. The lowest BCUT2D eigenvalue weighted by Crippen LogP contribution is -2.03. The molecule has 0 aliphatic rings. The van der Waals surface area contributed by atoms with Crippen molar-refractivity contribution in [1.29, 1.82) is 0 Å². The molecule has 2 rings (SSSR count). The Morgan fingerprint density at radius 1 is 1.56 bits per heavy atom. The molecule has 94 valence electrons. The summed E-state index contributed by atoms with van der Waals surface area (Å²) in [6.07, 6.45) is 3.06. The number of aromatic nitrogens is 2. The third kappa shape index (κ3) is 2.57. The Morgan fingerprint density at radius 2 is 2.33 bits per heavy atom. The molecular formula is C10H8ClFN4O2. The van der Waals surface area contributed by atoms with Crippen molar-refractivity contribution in [3.05, 3.63) is 51.3 Å². The van der Waals surface area contributed by atoms with Gasteiger partial charge in [-0.3, -0.25) is 10.1 Å². The molecule has 0 amide bonds. The van der Waals surface area contributed by atoms with Crippen LogP contribution in [0.2, 0.25) is 5.02 Å². The number of hydrogen-bond donors (Lipinski definition) is 2. The number of H-pyrrole nitrogens is 1. The number of benzene rings is 1. The summed E-state index contributed by atoms with van der Waals surface area (Å²) in [6, 6.07) is 1.98. The molecule has 0 saturated carbocycles. The van der Waals surface area contributed by atoms with E-state index in [1.807, 2.05) is 0 Å². The highest BCUT2D eigenvalue weighted by atomic mass is 35.5. The Labute approximate surface area is 106 Å². The second-order valence-electron chi connectivity index (χ2n) is 3.47. The molecule has 0 bridgehead atoms. The van der Waals surface area contributed by atoms with E-state index >= 15 is 0 Å². The fourth-order valence-corrected chi connectivity index (χ4v) is 1.56. The van der Waals surface area contributed by atoms with Gasteiger partial charge in [0.05, 0.1) is 34.6 Å². The second-order valence-corrected chi connectivity index (χ2v) is 3.88. The minimum atomic E-state index is -0.824. The largest absolute Gasteiger partial charge is 0.374 e. The highest BCUT2D eigenvalue weighted by molar-refractivity contribution is 6.31. The van der Waals surface area contributed by atoms with Gasteiger partial charge < -0.3 is 10.3 Å². The predicted molar refractivity (Wildman–Crippen MR) is 64.0 cm³/mol. The highest BCUT2D eigenvalue weighted by Gasteiger charge is 2.17. The van der Waals surface area contributed by atoms with E-state index in [1.165, 1.54) is 12.4 Å². The van der Waals surface area contributed by atoms with Gasteiger partial charge in [0.2, 0.25) is 0 Å². The zero-order valence-electron chi connectivity index (χ0n) is 8.98. The standard InChI is InChI=1S/C10H8ClFN4O2/c11-7-1-9(10(16(17)18)2-8(7)12)14-4-6-3-13-5-15-6/h1-3,5,14H,4H2,(H,13,15). The van der Waals surface area contributed by atoms with Crippen LogP contribution in [0.3, 0.4) is 0 Å². The van der Waals surface area contributed by atoms with E-state index in [0.717, 1.165) is 11.8 Å². The minimum absolute atomic E-state index is 0.154. The number of nitro benzene ring substituents is 1. The molecule has 2 aromatic rings. The maximum Gasteiger partial charge on any atom is 0.295 e. The molecule has 0 spiro atoms. The molecule has 8 heteroatoms. The van der Waals surface area contributed by atoms with E-state index in [0.29, 0.717) is 6.54 Å². The number of hydrogen-bond acceptors (Lipinski definition) is 4. The van der Waals surface area contributed by atoms with Crippen molar-refractivity contribution in [2.24, 2.45) is 0 Å². The zero-order valence-corrected chi connectivity index (χ0v) is 9.74. The summed E-state index contributed by atoms with van der Waals surface area (Å²) in [6.45, 7) is 0.294. The second kappa shape index (κ2) is 5.01. The molecule has 0 radical (unpaired) electrons. The topological polar surface area (TPSA) is 83.8 Å². The Balaban J connectivity index is 2.25. The summed E-state index contributed by atoms with van der Waals surface area (Å²) < 4.78 is 13.2. The van der Waals surface area contributed by atoms with Crippen LogP contribution >= 0.6 is 11.6 Å². The first-order valence-electron chi connectivity index (χ1n) is 4.92. The molecule has 0 aliphatic carbocycles. The van der Waals surface area contributed by atoms with Crippen molar-refractivity contribution >= 4 is 23.0 Å². The summed E-state index contributed by atoms with van der Waals surface area (Å²) in [5.74, 6) is -0.824. The van der Waals surface area contributed by atoms with Crippen molar-refractivity contribution in [3.63, 3.8) is 0 Å². The molecule has 0 aliphatic heterocycles. The lowest BCUT2D eigenvalue weighted by atomic mass is 10.2. The average Bonchev–Trinajstić information content (AvgIpc) is 2.83. The van der Waals surface area contributed by atoms with E-state index in [2.05, 4.69) is 15.3 Å². The molecule has 1 aromatic heterocycles. The van der Waals surface area contributed by atoms with E-state index in [4.69, 9.17) is 11.6 Å². The van der Waals surface area contributed by atoms with Gasteiger partial charge in [-0.15, -0.1) is 0 Å². The maximum atomic E-state index is 13.2. The van der Waals surface area contributed by atoms with Crippen LogP contribution in [-0.2, 0) is 6.54 Å². The third-order valence-electron chi connectivity index (χ3n) is 2.26. The van der Waals surface area contributed by atoms with Gasteiger partial charge in [-0.05, 0) is 6.07 Å². The van der Waals surface area contributed by atoms with Gasteiger partial charge in [0.15, 0.2) is 0 Å². The number of nitrogens with one attached hydrogen (secondary N) is 2. The molecule has 0 atom stereocenters. The summed E-state index contributed by atoms with van der Waals surface area (Å²) in [7, 11) is 0. The normalized spacial score (nSPS) is 10.3. The third-order valence-corrected chi connectivity index (χ3v) is 2.55. The molecule has 18 heavy (non-hydrogen) atoms. The molecule has 0 fully saturated rings. The highest BCUT2D eigenvalue weighted by Crippen LogP contribution is 2.30. The average molecular weight is 271 g/mol. The predicted octanol–water partition coefficient (Wildman–Crippen LogP) is 2.72. The summed E-state index contributed by atoms with van der Waals surface area (Å²) in [4.78, 5) is 16.8. The van der Waals surface area contributed by atoms with Crippen LogP contribution in [0.15, 0.2) is 24.7 Å². The molecule has 1 heterocycles. The van der Waals surface area contributed by atoms with Gasteiger partial charge in [-0.25, -0.2) is 9.37 Å². The number of rotatable bonds is 4. The fraction of sp³-hybridized carbons (Fsp3) is 0.100. The van der Waals surface area contributed by atoms with Crippen molar-refractivity contribution in [2.75, 3.05) is 5.32 Å². The van der Waals surface area contributed by atoms with Gasteiger partial charge in [0.1, 0.15) is 11.5 Å². The summed E-state index contributed by atoms with van der Waals surface area (Å²) >= 11 is 5.59. The molecular weight excluding hydrogens is 263 g/mol. The van der Waals surface area contributed by atoms with E-state index in [1.54, 1.807) is 6.20 Å². The Hall–Kier alpha value is -2.15. The quantitative estimate of drug-likeness (QED) is 0.661. The Bertz CT molecular complexity index is 574. The lowest BCUT2D eigenvalue weighted by molar-refractivity contribution is -0.384. The van der Waals surface area contributed by atoms with E-state index < -0.39 is 10.7 Å². The number of aromatic amines is 1. The SMILES string of the molecule is O=[N+]([O-])c1cc(F)c(Cl)cc1NCc1cnc[nH]1. The van der Waals surface area contributed by atoms with Gasteiger partial charge in [-0.2, -0.15) is 0 Å². The molecule has 2 N–H and O–H groups in total. The van der Waals surface area contributed by atoms with Crippen LogP contribution in [0.4, 0.5) is 15.8 Å². The number of nitrogens with zero attached hydrogens (tertiary/aromatic N) is 2. The van der Waals surface area contributed by atoms with E-state index in [-0.39, 0.29) is 16.4 Å². The molecule has 6 nitrogen and oxygen atoms in total. The minimum Gasteiger partial charge on any atom is -0.374 e. The Kier molecular flexibility index (Phi) is 3.42. The lowest BCUT2D eigenvalue weighted by Gasteiger charge is -2.06. The first-order valence-corrected chi connectivity index (χ1v) is 5.30. The van der Waals surface area contributed by atoms with Crippen molar-refractivity contribution in [3.8, 4) is 0 Å². The monoisotopic (exact) mass is 270 g/mol. The van der Waals surface area contributed by atoms with Crippen molar-refractivity contribution in [1.82, 2.24) is 9.97 Å². The van der Waals surface area contributed by atoms with Crippen LogP contribution in [0, 0.1) is 15.9 Å². The van der Waals surface area contributed by atoms with Gasteiger partial charge >= 0.3 is 0 Å². The van der Waals surface area contributed by atoms with Crippen molar-refractivity contribution in [2.45, 2.75) is 6.54 Å². The van der Waals surface area contributed by atoms with Crippen LogP contribution in [0.5, 0.6) is 0 Å². The van der Waals surface area contributed by atoms with E-state index in [9.17, 15) is 14.5 Å². The summed E-state index contributed by atoms with van der Waals surface area (Å²) in [5, 5.41) is 13.4. The molecule has 0 saturated heterocycles. The maximum absolute atomic E-state index is 13.2. The van der Waals surface area contributed by atoms with Gasteiger partial charge in [0, 0.05) is 6.20 Å². The van der Waals surface area contributed by atoms with Crippen LogP contribution < -0.4 is 5.32 Å². The fourth-order valence-electron chi connectivity index (χ4n) is 1.40. The first-order chi connectivity index (χ1) is 8.58. The van der Waals surface area contributed by atoms with Crippen LogP contribution in [0.1, 0.15) is 5.69 Å². The van der Waals surface area contributed by atoms with Gasteiger partial charge in [0.25, 0.3) is 5.69 Å². The Morgan fingerprint density at radius 3 is 2.94 bits per heavy atom. The molecule has 0 unspecified atom stereocenters. The summed E-state index contributed by atoms with van der Waals surface area (Å²) in [5.41, 5.74) is 0.530. The smallest absolute Gasteiger partial charge is 0.295 e. The number of nitro groups is 1. The van der Waals surface area contributed by atoms with Crippen LogP contribution in [0.25, 0.3) is 0 Å². The number of anilines is 1. The molecule has 1 aromatic carbocycles. The van der Waals surface area contributed by atoms with Gasteiger partial charge in [-0.1, -0.05) is 11.6 Å². The van der Waals surface area contributed by atoms with Crippen molar-refractivity contribution < 1.29 is 9.31 Å².